The number of rotatable bonds is 7. The normalized spacial score (nSPS) is 21.9. The predicted octanol–water partition coefficient (Wildman–Crippen LogP) is 3.63. The van der Waals surface area contributed by atoms with Gasteiger partial charge in [0.05, 0.1) is 23.9 Å². The van der Waals surface area contributed by atoms with Crippen molar-refractivity contribution in [1.82, 2.24) is 0 Å². The molecule has 2 aromatic rings. The van der Waals surface area contributed by atoms with E-state index in [-0.39, 0.29) is 23.5 Å². The summed E-state index contributed by atoms with van der Waals surface area (Å²) in [6, 6.07) is 12.2. The third kappa shape index (κ3) is 4.83. The molecule has 216 valence electrons. The molecule has 0 aromatic heterocycles. The number of carbonyl (C=O) groups is 5. The fraction of sp³-hybridized carbons (Fsp3) is 0.414. The topological polar surface area (TPSA) is 153 Å². The Morgan fingerprint density at radius 3 is 2.27 bits per heavy atom. The molecule has 4 rings (SSSR count). The van der Waals surface area contributed by atoms with Crippen molar-refractivity contribution in [3.63, 3.8) is 0 Å². The molecule has 0 unspecified atom stereocenters. The van der Waals surface area contributed by atoms with Gasteiger partial charge in [-0.25, -0.2) is 9.69 Å². The second-order valence-electron chi connectivity index (χ2n) is 10.9. The lowest BCUT2D eigenvalue weighted by atomic mass is 9.60. The molecule has 2 aliphatic rings. The second kappa shape index (κ2) is 10.8. The van der Waals surface area contributed by atoms with E-state index in [1.54, 1.807) is 39.0 Å². The molecule has 4 atom stereocenters. The van der Waals surface area contributed by atoms with Crippen LogP contribution in [0.1, 0.15) is 46.6 Å². The Morgan fingerprint density at radius 2 is 1.68 bits per heavy atom. The largest absolute Gasteiger partial charge is 0.466 e. The summed E-state index contributed by atoms with van der Waals surface area (Å²) < 4.78 is 10.7. The number of hydrogen-bond acceptors (Lipinski definition) is 9. The highest BCUT2D eigenvalue weighted by Crippen LogP contribution is 2.55. The van der Waals surface area contributed by atoms with Crippen molar-refractivity contribution < 1.29 is 38.4 Å². The van der Waals surface area contributed by atoms with E-state index in [0.717, 1.165) is 11.8 Å². The molecule has 1 saturated heterocycles. The van der Waals surface area contributed by atoms with E-state index in [2.05, 4.69) is 0 Å². The molecule has 0 radical (unpaired) electrons. The zero-order valence-corrected chi connectivity index (χ0v) is 23.4. The molecule has 0 saturated carbocycles. The van der Waals surface area contributed by atoms with Crippen LogP contribution in [0.5, 0.6) is 0 Å². The summed E-state index contributed by atoms with van der Waals surface area (Å²) in [4.78, 5) is 82.4. The molecular formula is C29H31N3O9. The number of para-hydroxylation sites is 2. The molecule has 0 aliphatic carbocycles. The molecular weight excluding hydrogens is 534 g/mol. The minimum Gasteiger partial charge on any atom is -0.466 e. The van der Waals surface area contributed by atoms with E-state index in [0.29, 0.717) is 4.90 Å². The number of nitro groups is 1. The number of hydrogen-bond donors (Lipinski definition) is 0. The van der Waals surface area contributed by atoms with Crippen molar-refractivity contribution in [2.24, 2.45) is 11.8 Å². The third-order valence-corrected chi connectivity index (χ3v) is 7.28. The number of ether oxygens (including phenoxy) is 2. The Morgan fingerprint density at radius 1 is 1.07 bits per heavy atom. The van der Waals surface area contributed by atoms with Crippen molar-refractivity contribution in [3.8, 4) is 0 Å². The SMILES string of the molecule is CCOC(=O)[C@@H]([C@H](C)[N+](=O)[O-])[C@]1([C@H]2CC(=O)N(c3ccccc3)C2=O)C(=O)N(C(=O)OC(C)(C)C)c2ccccc21. The van der Waals surface area contributed by atoms with E-state index in [1.807, 2.05) is 0 Å². The number of imide groups is 2. The first kappa shape index (κ1) is 29.4. The first-order valence-corrected chi connectivity index (χ1v) is 13.2. The van der Waals surface area contributed by atoms with Crippen LogP contribution in [-0.2, 0) is 34.1 Å². The van der Waals surface area contributed by atoms with Crippen LogP contribution < -0.4 is 9.80 Å². The Bertz CT molecular complexity index is 1420. The van der Waals surface area contributed by atoms with Crippen LogP contribution in [0.4, 0.5) is 16.2 Å². The zero-order valence-electron chi connectivity index (χ0n) is 23.4. The number of anilines is 2. The van der Waals surface area contributed by atoms with E-state index in [1.165, 1.54) is 43.3 Å². The van der Waals surface area contributed by atoms with E-state index < -0.39 is 70.0 Å². The second-order valence-corrected chi connectivity index (χ2v) is 10.9. The maximum Gasteiger partial charge on any atom is 0.421 e. The Hall–Kier alpha value is -4.61. The number of carbonyl (C=O) groups excluding carboxylic acids is 5. The predicted molar refractivity (Wildman–Crippen MR) is 145 cm³/mol. The number of nitrogens with zero attached hydrogens (tertiary/aromatic N) is 3. The number of esters is 1. The molecule has 1 fully saturated rings. The van der Waals surface area contributed by atoms with Crippen LogP contribution in [0.2, 0.25) is 0 Å². The van der Waals surface area contributed by atoms with Crippen molar-refractivity contribution in [1.29, 1.82) is 0 Å². The quantitative estimate of drug-likeness (QED) is 0.212. The molecule has 0 spiro atoms. The summed E-state index contributed by atoms with van der Waals surface area (Å²) >= 11 is 0. The van der Waals surface area contributed by atoms with E-state index >= 15 is 0 Å². The van der Waals surface area contributed by atoms with Crippen LogP contribution in [0, 0.1) is 22.0 Å². The molecule has 12 nitrogen and oxygen atoms in total. The summed E-state index contributed by atoms with van der Waals surface area (Å²) in [5.41, 5.74) is -3.13. The monoisotopic (exact) mass is 565 g/mol. The zero-order chi connectivity index (χ0) is 30.3. The van der Waals surface area contributed by atoms with Gasteiger partial charge in [0.15, 0.2) is 0 Å². The van der Waals surface area contributed by atoms with Gasteiger partial charge < -0.3 is 9.47 Å². The molecule has 0 N–H and O–H groups in total. The molecule has 41 heavy (non-hydrogen) atoms. The number of benzene rings is 2. The molecule has 4 amide bonds. The van der Waals surface area contributed by atoms with Crippen molar-refractivity contribution in [2.75, 3.05) is 16.4 Å². The van der Waals surface area contributed by atoms with Gasteiger partial charge >= 0.3 is 12.1 Å². The van der Waals surface area contributed by atoms with Gasteiger partial charge in [-0.05, 0) is 51.5 Å². The van der Waals surface area contributed by atoms with Gasteiger partial charge in [-0.3, -0.25) is 34.2 Å². The summed E-state index contributed by atoms with van der Waals surface area (Å²) in [7, 11) is 0. The maximum atomic E-state index is 14.7. The average molecular weight is 566 g/mol. The molecule has 2 aromatic carbocycles. The van der Waals surface area contributed by atoms with Gasteiger partial charge in [-0.1, -0.05) is 36.4 Å². The molecule has 12 heteroatoms. The van der Waals surface area contributed by atoms with Crippen molar-refractivity contribution >= 4 is 41.2 Å². The summed E-state index contributed by atoms with van der Waals surface area (Å²) in [6.07, 6.45) is -1.64. The first-order chi connectivity index (χ1) is 19.3. The fourth-order valence-corrected chi connectivity index (χ4v) is 5.72. The average Bonchev–Trinajstić information content (AvgIpc) is 3.34. The molecule has 0 bridgehead atoms. The first-order valence-electron chi connectivity index (χ1n) is 13.2. The highest BCUT2D eigenvalue weighted by atomic mass is 16.6. The highest BCUT2D eigenvalue weighted by Gasteiger charge is 2.70. The lowest BCUT2D eigenvalue weighted by molar-refractivity contribution is -0.527. The van der Waals surface area contributed by atoms with E-state index in [4.69, 9.17) is 9.47 Å². The Balaban J connectivity index is 2.03. The van der Waals surface area contributed by atoms with Gasteiger partial charge in [0, 0.05) is 18.3 Å². The van der Waals surface area contributed by atoms with Gasteiger partial charge in [0.2, 0.25) is 23.8 Å². The third-order valence-electron chi connectivity index (χ3n) is 7.28. The Kier molecular flexibility index (Phi) is 7.70. The van der Waals surface area contributed by atoms with Crippen molar-refractivity contribution in [2.45, 2.75) is 58.1 Å². The van der Waals surface area contributed by atoms with Gasteiger partial charge in [0.1, 0.15) is 16.9 Å². The minimum absolute atomic E-state index is 0.00462. The fourth-order valence-electron chi connectivity index (χ4n) is 5.72. The van der Waals surface area contributed by atoms with Gasteiger partial charge in [-0.2, -0.15) is 0 Å². The van der Waals surface area contributed by atoms with Crippen LogP contribution in [-0.4, -0.2) is 53.0 Å². The van der Waals surface area contributed by atoms with Gasteiger partial charge in [0.25, 0.3) is 0 Å². The standard InChI is InChI=1S/C29H31N3O9/c1-6-40-25(35)23(17(2)32(38)39)29(20-16-22(33)30(24(20)34)18-12-8-7-9-13-18)19-14-10-11-15-21(19)31(26(29)36)27(37)41-28(3,4)5/h7-15,17,20,23H,6,16H2,1-5H3/t17-,20-,23+,29-/m0/s1. The van der Waals surface area contributed by atoms with Crippen LogP contribution in [0.3, 0.4) is 0 Å². The number of amides is 4. The van der Waals surface area contributed by atoms with Crippen LogP contribution in [0.15, 0.2) is 54.6 Å². The minimum atomic E-state index is -2.34. The maximum absolute atomic E-state index is 14.7. The van der Waals surface area contributed by atoms with Crippen molar-refractivity contribution in [3.05, 3.63) is 70.3 Å². The number of fused-ring (bicyclic) bond motifs is 1. The highest BCUT2D eigenvalue weighted by molar-refractivity contribution is 6.28. The van der Waals surface area contributed by atoms with Gasteiger partial charge in [-0.15, -0.1) is 0 Å². The van der Waals surface area contributed by atoms with Crippen LogP contribution in [0.25, 0.3) is 0 Å². The summed E-state index contributed by atoms with van der Waals surface area (Å²) in [6.45, 7) is 7.24. The molecule has 2 aliphatic heterocycles. The van der Waals surface area contributed by atoms with E-state index in [9.17, 15) is 34.1 Å². The summed E-state index contributed by atoms with van der Waals surface area (Å²) in [5.74, 6) is -7.14. The lowest BCUT2D eigenvalue weighted by Crippen LogP contribution is -2.60. The van der Waals surface area contributed by atoms with Crippen LogP contribution >= 0.6 is 0 Å². The molecule has 2 heterocycles. The summed E-state index contributed by atoms with van der Waals surface area (Å²) in [5, 5.41) is 12.2. The lowest BCUT2D eigenvalue weighted by Gasteiger charge is -2.38. The Labute approximate surface area is 236 Å². The smallest absolute Gasteiger partial charge is 0.421 e.